The third-order valence-corrected chi connectivity index (χ3v) is 4.10. The zero-order valence-electron chi connectivity index (χ0n) is 13.9. The van der Waals surface area contributed by atoms with Gasteiger partial charge < -0.3 is 9.15 Å². The first-order chi connectivity index (χ1) is 12.1. The predicted molar refractivity (Wildman–Crippen MR) is 96.8 cm³/mol. The molecule has 0 unspecified atom stereocenters. The fourth-order valence-corrected chi connectivity index (χ4v) is 2.54. The molecule has 0 saturated heterocycles. The molecule has 0 fully saturated rings. The Morgan fingerprint density at radius 3 is 2.76 bits per heavy atom. The van der Waals surface area contributed by atoms with Crippen molar-refractivity contribution in [3.8, 4) is 17.2 Å². The highest BCUT2D eigenvalue weighted by Gasteiger charge is 2.12. The molecule has 0 spiro atoms. The molecule has 0 aliphatic heterocycles. The van der Waals surface area contributed by atoms with Crippen LogP contribution in [0.15, 0.2) is 57.8 Å². The molecule has 1 N–H and O–H groups in total. The number of nitrogens with zero attached hydrogens (tertiary/aromatic N) is 2. The highest BCUT2D eigenvalue weighted by Crippen LogP contribution is 2.24. The summed E-state index contributed by atoms with van der Waals surface area (Å²) in [5.41, 5.74) is 1.93. The summed E-state index contributed by atoms with van der Waals surface area (Å²) in [6.45, 7) is 1.85. The summed E-state index contributed by atoms with van der Waals surface area (Å²) in [5, 5.41) is 10.3. The van der Waals surface area contributed by atoms with Crippen molar-refractivity contribution in [1.29, 1.82) is 0 Å². The van der Waals surface area contributed by atoms with Crippen molar-refractivity contribution < 1.29 is 13.9 Å². The lowest BCUT2D eigenvalue weighted by atomic mass is 10.2. The summed E-state index contributed by atoms with van der Waals surface area (Å²) >= 11 is 1.62. The third kappa shape index (κ3) is 4.60. The Morgan fingerprint density at radius 2 is 2.00 bits per heavy atom. The number of benzene rings is 2. The SMILES string of the molecule is CSc1cccc(-c2nnc(NC(=O)COc3ccc(C)cc3)o2)c1. The summed E-state index contributed by atoms with van der Waals surface area (Å²) in [5.74, 6) is 0.611. The molecule has 1 aromatic heterocycles. The molecule has 7 heteroatoms. The van der Waals surface area contributed by atoms with Gasteiger partial charge in [0.25, 0.3) is 5.91 Å². The van der Waals surface area contributed by atoms with E-state index in [1.165, 1.54) is 0 Å². The van der Waals surface area contributed by atoms with Gasteiger partial charge in [-0.05, 0) is 43.5 Å². The van der Waals surface area contributed by atoms with E-state index < -0.39 is 0 Å². The van der Waals surface area contributed by atoms with E-state index in [1.54, 1.807) is 11.8 Å². The van der Waals surface area contributed by atoms with Gasteiger partial charge in [0.05, 0.1) is 0 Å². The maximum Gasteiger partial charge on any atom is 0.322 e. The standard InChI is InChI=1S/C18H17N3O3S/c1-12-6-8-14(9-7-12)23-11-16(22)19-18-21-20-17(24-18)13-4-3-5-15(10-13)25-2/h3-10H,11H2,1-2H3,(H,19,21,22). The highest BCUT2D eigenvalue weighted by atomic mass is 32.2. The van der Waals surface area contributed by atoms with Gasteiger partial charge in [0.2, 0.25) is 5.89 Å². The first-order valence-corrected chi connectivity index (χ1v) is 8.84. The molecule has 2 aromatic carbocycles. The highest BCUT2D eigenvalue weighted by molar-refractivity contribution is 7.98. The van der Waals surface area contributed by atoms with Crippen LogP contribution in [0.3, 0.4) is 0 Å². The topological polar surface area (TPSA) is 77.2 Å². The van der Waals surface area contributed by atoms with Gasteiger partial charge in [-0.25, -0.2) is 0 Å². The van der Waals surface area contributed by atoms with Gasteiger partial charge in [0, 0.05) is 10.5 Å². The number of amides is 1. The minimum Gasteiger partial charge on any atom is -0.484 e. The smallest absolute Gasteiger partial charge is 0.322 e. The molecule has 25 heavy (non-hydrogen) atoms. The number of hydrogen-bond acceptors (Lipinski definition) is 6. The minimum absolute atomic E-state index is 0.0436. The van der Waals surface area contributed by atoms with E-state index in [2.05, 4.69) is 15.5 Å². The maximum absolute atomic E-state index is 11.9. The molecule has 6 nitrogen and oxygen atoms in total. The first kappa shape index (κ1) is 17.0. The number of anilines is 1. The Hall–Kier alpha value is -2.80. The molecule has 1 amide bonds. The largest absolute Gasteiger partial charge is 0.484 e. The summed E-state index contributed by atoms with van der Waals surface area (Å²) in [4.78, 5) is 13.0. The second-order valence-corrected chi connectivity index (χ2v) is 6.17. The van der Waals surface area contributed by atoms with Gasteiger partial charge in [-0.3, -0.25) is 10.1 Å². The second-order valence-electron chi connectivity index (χ2n) is 5.29. The third-order valence-electron chi connectivity index (χ3n) is 3.38. The van der Waals surface area contributed by atoms with Crippen molar-refractivity contribution in [3.63, 3.8) is 0 Å². The molecule has 3 rings (SSSR count). The number of carbonyl (C=O) groups excluding carboxylic acids is 1. The average molecular weight is 355 g/mol. The van der Waals surface area contributed by atoms with Gasteiger partial charge in [-0.15, -0.1) is 16.9 Å². The van der Waals surface area contributed by atoms with Crippen LogP contribution in [0.4, 0.5) is 6.01 Å². The normalized spacial score (nSPS) is 10.5. The quantitative estimate of drug-likeness (QED) is 0.678. The van der Waals surface area contributed by atoms with Crippen molar-refractivity contribution in [3.05, 3.63) is 54.1 Å². The molecule has 128 valence electrons. The van der Waals surface area contributed by atoms with Crippen molar-refractivity contribution in [1.82, 2.24) is 10.2 Å². The second kappa shape index (κ2) is 7.85. The van der Waals surface area contributed by atoms with Crippen LogP contribution in [0, 0.1) is 6.92 Å². The Morgan fingerprint density at radius 1 is 1.20 bits per heavy atom. The molecule has 0 atom stereocenters. The number of aryl methyl sites for hydroxylation is 1. The predicted octanol–water partition coefficient (Wildman–Crippen LogP) is 3.78. The van der Waals surface area contributed by atoms with Crippen LogP contribution >= 0.6 is 11.8 Å². The fraction of sp³-hybridized carbons (Fsp3) is 0.167. The molecule has 0 saturated carbocycles. The summed E-state index contributed by atoms with van der Waals surface area (Å²) in [6, 6.07) is 15.2. The van der Waals surface area contributed by atoms with Crippen molar-refractivity contribution in [2.45, 2.75) is 11.8 Å². The summed E-state index contributed by atoms with van der Waals surface area (Å²) < 4.78 is 10.9. The molecule has 0 aliphatic carbocycles. The Kier molecular flexibility index (Phi) is 5.35. The van der Waals surface area contributed by atoms with Crippen molar-refractivity contribution in [2.24, 2.45) is 0 Å². The zero-order valence-corrected chi connectivity index (χ0v) is 14.7. The molecular weight excluding hydrogens is 338 g/mol. The molecule has 3 aromatic rings. The Bertz CT molecular complexity index is 862. The van der Waals surface area contributed by atoms with Crippen LogP contribution in [-0.4, -0.2) is 29.0 Å². The van der Waals surface area contributed by atoms with Gasteiger partial charge in [0.1, 0.15) is 5.75 Å². The van der Waals surface area contributed by atoms with E-state index in [0.29, 0.717) is 11.6 Å². The van der Waals surface area contributed by atoms with Crippen LogP contribution in [0.2, 0.25) is 0 Å². The van der Waals surface area contributed by atoms with Gasteiger partial charge >= 0.3 is 6.01 Å². The maximum atomic E-state index is 11.9. The number of nitrogens with one attached hydrogen (secondary N) is 1. The molecule has 1 heterocycles. The van der Waals surface area contributed by atoms with Gasteiger partial charge in [0.15, 0.2) is 6.61 Å². The van der Waals surface area contributed by atoms with Crippen LogP contribution in [0.1, 0.15) is 5.56 Å². The summed E-state index contributed by atoms with van der Waals surface area (Å²) in [7, 11) is 0. The fourth-order valence-electron chi connectivity index (χ4n) is 2.09. The first-order valence-electron chi connectivity index (χ1n) is 7.61. The average Bonchev–Trinajstić information content (AvgIpc) is 3.10. The lowest BCUT2D eigenvalue weighted by Gasteiger charge is -2.05. The van der Waals surface area contributed by atoms with Crippen LogP contribution in [0.25, 0.3) is 11.5 Å². The molecule has 0 bridgehead atoms. The lowest BCUT2D eigenvalue weighted by Crippen LogP contribution is -2.20. The van der Waals surface area contributed by atoms with Crippen LogP contribution < -0.4 is 10.1 Å². The van der Waals surface area contributed by atoms with Crippen LogP contribution in [-0.2, 0) is 4.79 Å². The zero-order chi connectivity index (χ0) is 17.6. The summed E-state index contributed by atoms with van der Waals surface area (Å²) in [6.07, 6.45) is 1.99. The van der Waals surface area contributed by atoms with Crippen LogP contribution in [0.5, 0.6) is 5.75 Å². The van der Waals surface area contributed by atoms with E-state index in [1.807, 2.05) is 61.7 Å². The molecular formula is C18H17N3O3S. The van der Waals surface area contributed by atoms with Crippen molar-refractivity contribution in [2.75, 3.05) is 18.2 Å². The van der Waals surface area contributed by atoms with E-state index in [9.17, 15) is 4.79 Å². The lowest BCUT2D eigenvalue weighted by molar-refractivity contribution is -0.118. The van der Waals surface area contributed by atoms with Crippen molar-refractivity contribution >= 4 is 23.7 Å². The molecule has 0 radical (unpaired) electrons. The number of carbonyl (C=O) groups is 1. The number of thioether (sulfide) groups is 1. The van der Waals surface area contributed by atoms with Gasteiger partial charge in [-0.2, -0.15) is 0 Å². The van der Waals surface area contributed by atoms with E-state index in [-0.39, 0.29) is 18.5 Å². The number of aromatic nitrogens is 2. The monoisotopic (exact) mass is 355 g/mol. The Balaban J connectivity index is 1.58. The number of rotatable bonds is 6. The number of hydrogen-bond donors (Lipinski definition) is 1. The van der Waals surface area contributed by atoms with E-state index in [0.717, 1.165) is 16.0 Å². The van der Waals surface area contributed by atoms with E-state index in [4.69, 9.17) is 9.15 Å². The van der Waals surface area contributed by atoms with E-state index >= 15 is 0 Å². The van der Waals surface area contributed by atoms with Gasteiger partial charge in [-0.1, -0.05) is 28.9 Å². The minimum atomic E-state index is -0.367. The Labute approximate surface area is 149 Å². The molecule has 0 aliphatic rings. The number of ether oxygens (including phenoxy) is 1.